The maximum Gasteiger partial charge on any atom is 0.280 e. The summed E-state index contributed by atoms with van der Waals surface area (Å²) in [5, 5.41) is 11.1. The van der Waals surface area contributed by atoms with E-state index in [-0.39, 0.29) is 18.2 Å². The van der Waals surface area contributed by atoms with Gasteiger partial charge in [0.1, 0.15) is 18.6 Å². The molecule has 1 aromatic carbocycles. The number of halogens is 3. The average Bonchev–Trinajstić information content (AvgIpc) is 3.16. The van der Waals surface area contributed by atoms with Crippen molar-refractivity contribution in [2.45, 2.75) is 26.4 Å². The Kier molecular flexibility index (Phi) is 5.27. The first-order valence-corrected chi connectivity index (χ1v) is 8.05. The van der Waals surface area contributed by atoms with E-state index in [0.717, 1.165) is 10.2 Å². The standard InChI is InChI=1S/C16H15ClF2N6O/c1-10-6-13(15(18)19)25(22-10)8-14(26)21-16-20-9-24(23-16)7-11-2-4-12(17)5-3-11/h2-6,9,15H,7-8H2,1H3,(H,21,23,26). The lowest BCUT2D eigenvalue weighted by Crippen LogP contribution is -2.21. The Morgan fingerprint density at radius 1 is 1.27 bits per heavy atom. The van der Waals surface area contributed by atoms with E-state index in [9.17, 15) is 13.6 Å². The molecule has 0 aliphatic carbocycles. The average molecular weight is 381 g/mol. The van der Waals surface area contributed by atoms with Crippen molar-refractivity contribution in [3.05, 3.63) is 58.6 Å². The van der Waals surface area contributed by atoms with Crippen molar-refractivity contribution >= 4 is 23.5 Å². The molecule has 26 heavy (non-hydrogen) atoms. The summed E-state index contributed by atoms with van der Waals surface area (Å²) in [6, 6.07) is 8.49. The summed E-state index contributed by atoms with van der Waals surface area (Å²) in [7, 11) is 0. The molecule has 136 valence electrons. The molecule has 0 spiro atoms. The highest BCUT2D eigenvalue weighted by Gasteiger charge is 2.18. The number of hydrogen-bond donors (Lipinski definition) is 1. The van der Waals surface area contributed by atoms with Gasteiger partial charge in [-0.25, -0.2) is 18.4 Å². The number of anilines is 1. The van der Waals surface area contributed by atoms with Gasteiger partial charge in [-0.05, 0) is 30.7 Å². The third-order valence-electron chi connectivity index (χ3n) is 3.50. The smallest absolute Gasteiger partial charge is 0.280 e. The molecule has 10 heteroatoms. The van der Waals surface area contributed by atoms with Crippen molar-refractivity contribution in [1.29, 1.82) is 0 Å². The number of aryl methyl sites for hydroxylation is 1. The lowest BCUT2D eigenvalue weighted by atomic mass is 10.2. The van der Waals surface area contributed by atoms with Gasteiger partial charge in [0.05, 0.1) is 12.2 Å². The van der Waals surface area contributed by atoms with Crippen LogP contribution in [0.2, 0.25) is 5.02 Å². The molecule has 0 unspecified atom stereocenters. The van der Waals surface area contributed by atoms with Crippen LogP contribution >= 0.6 is 11.6 Å². The number of rotatable bonds is 6. The third-order valence-corrected chi connectivity index (χ3v) is 3.75. The molecule has 0 bridgehead atoms. The number of hydrogen-bond acceptors (Lipinski definition) is 4. The zero-order valence-corrected chi connectivity index (χ0v) is 14.5. The Balaban J connectivity index is 1.62. The van der Waals surface area contributed by atoms with Crippen LogP contribution in [0.5, 0.6) is 0 Å². The summed E-state index contributed by atoms with van der Waals surface area (Å²) < 4.78 is 28.4. The number of nitrogens with zero attached hydrogens (tertiary/aromatic N) is 5. The molecule has 2 aromatic heterocycles. The van der Waals surface area contributed by atoms with Crippen molar-refractivity contribution in [3.63, 3.8) is 0 Å². The molecule has 3 rings (SSSR count). The lowest BCUT2D eigenvalue weighted by Gasteiger charge is -2.06. The van der Waals surface area contributed by atoms with Crippen LogP contribution in [0.15, 0.2) is 36.7 Å². The summed E-state index contributed by atoms with van der Waals surface area (Å²) in [5.41, 5.74) is 1.07. The van der Waals surface area contributed by atoms with Crippen LogP contribution < -0.4 is 5.32 Å². The van der Waals surface area contributed by atoms with Crippen LogP contribution in [0.25, 0.3) is 0 Å². The van der Waals surface area contributed by atoms with Gasteiger partial charge in [-0.3, -0.25) is 14.8 Å². The second-order valence-electron chi connectivity index (χ2n) is 5.61. The van der Waals surface area contributed by atoms with Crippen molar-refractivity contribution in [2.24, 2.45) is 0 Å². The van der Waals surface area contributed by atoms with Crippen molar-refractivity contribution in [1.82, 2.24) is 24.5 Å². The Morgan fingerprint density at radius 2 is 2.00 bits per heavy atom. The molecule has 7 nitrogen and oxygen atoms in total. The van der Waals surface area contributed by atoms with E-state index in [1.807, 2.05) is 12.1 Å². The summed E-state index contributed by atoms with van der Waals surface area (Å²) in [6.45, 7) is 1.69. The van der Waals surface area contributed by atoms with Crippen molar-refractivity contribution in [3.8, 4) is 0 Å². The fourth-order valence-electron chi connectivity index (χ4n) is 2.37. The predicted octanol–water partition coefficient (Wildman–Crippen LogP) is 3.06. The topological polar surface area (TPSA) is 77.6 Å². The molecule has 0 atom stereocenters. The second-order valence-corrected chi connectivity index (χ2v) is 6.05. The highest BCUT2D eigenvalue weighted by Crippen LogP contribution is 2.19. The van der Waals surface area contributed by atoms with E-state index in [4.69, 9.17) is 11.6 Å². The Hall–Kier alpha value is -2.81. The van der Waals surface area contributed by atoms with Gasteiger partial charge < -0.3 is 0 Å². The minimum atomic E-state index is -2.71. The van der Waals surface area contributed by atoms with Crippen molar-refractivity contribution < 1.29 is 13.6 Å². The Labute approximate surface area is 152 Å². The van der Waals surface area contributed by atoms with Gasteiger partial charge >= 0.3 is 0 Å². The van der Waals surface area contributed by atoms with Crippen LogP contribution in [0, 0.1) is 6.92 Å². The van der Waals surface area contributed by atoms with E-state index in [1.165, 1.54) is 12.4 Å². The number of amides is 1. The van der Waals surface area contributed by atoms with E-state index in [1.54, 1.807) is 23.7 Å². The lowest BCUT2D eigenvalue weighted by molar-refractivity contribution is -0.117. The fraction of sp³-hybridized carbons (Fsp3) is 0.250. The normalized spacial score (nSPS) is 11.1. The molecule has 0 saturated carbocycles. The number of benzene rings is 1. The molecule has 0 aliphatic heterocycles. The van der Waals surface area contributed by atoms with Gasteiger partial charge in [0.25, 0.3) is 6.43 Å². The molecular formula is C16H15ClF2N6O. The van der Waals surface area contributed by atoms with E-state index < -0.39 is 12.3 Å². The number of aromatic nitrogens is 5. The molecule has 0 fully saturated rings. The molecule has 1 amide bonds. The van der Waals surface area contributed by atoms with E-state index in [0.29, 0.717) is 17.3 Å². The molecule has 2 heterocycles. The van der Waals surface area contributed by atoms with Gasteiger partial charge in [-0.15, -0.1) is 5.10 Å². The number of nitrogens with one attached hydrogen (secondary N) is 1. The minimum Gasteiger partial charge on any atom is -0.292 e. The van der Waals surface area contributed by atoms with Gasteiger partial charge in [-0.1, -0.05) is 23.7 Å². The Morgan fingerprint density at radius 3 is 2.69 bits per heavy atom. The van der Waals surface area contributed by atoms with Crippen LogP contribution in [0.4, 0.5) is 14.7 Å². The quantitative estimate of drug-likeness (QED) is 0.713. The SMILES string of the molecule is Cc1cc(C(F)F)n(CC(=O)Nc2ncn(Cc3ccc(Cl)cc3)n2)n1. The largest absolute Gasteiger partial charge is 0.292 e. The number of alkyl halides is 2. The zero-order valence-electron chi connectivity index (χ0n) is 13.7. The maximum atomic E-state index is 12.9. The van der Waals surface area contributed by atoms with E-state index >= 15 is 0 Å². The fourth-order valence-corrected chi connectivity index (χ4v) is 2.50. The number of carbonyl (C=O) groups excluding carboxylic acids is 1. The van der Waals surface area contributed by atoms with E-state index in [2.05, 4.69) is 20.5 Å². The molecule has 1 N–H and O–H groups in total. The molecular weight excluding hydrogens is 366 g/mol. The molecule has 0 aliphatic rings. The highest BCUT2D eigenvalue weighted by molar-refractivity contribution is 6.30. The van der Waals surface area contributed by atoms with Gasteiger partial charge in [-0.2, -0.15) is 5.10 Å². The van der Waals surface area contributed by atoms with Crippen LogP contribution in [-0.2, 0) is 17.9 Å². The molecule has 0 radical (unpaired) electrons. The minimum absolute atomic E-state index is 0.0893. The summed E-state index contributed by atoms with van der Waals surface area (Å²) in [4.78, 5) is 16.0. The Bertz CT molecular complexity index is 906. The van der Waals surface area contributed by atoms with Gasteiger partial charge in [0.15, 0.2) is 0 Å². The summed E-state index contributed by atoms with van der Waals surface area (Å²) in [5.74, 6) is -0.453. The first-order chi connectivity index (χ1) is 12.4. The van der Waals surface area contributed by atoms with Crippen molar-refractivity contribution in [2.75, 3.05) is 5.32 Å². The highest BCUT2D eigenvalue weighted by atomic mass is 35.5. The maximum absolute atomic E-state index is 12.9. The summed E-state index contributed by atoms with van der Waals surface area (Å²) in [6.07, 6.45) is -1.24. The zero-order chi connectivity index (χ0) is 18.7. The monoisotopic (exact) mass is 380 g/mol. The third kappa shape index (κ3) is 4.42. The van der Waals surface area contributed by atoms with Crippen LogP contribution in [0.1, 0.15) is 23.4 Å². The molecule has 0 saturated heterocycles. The molecule has 3 aromatic rings. The van der Waals surface area contributed by atoms with Gasteiger partial charge in [0.2, 0.25) is 11.9 Å². The van der Waals surface area contributed by atoms with Crippen LogP contribution in [-0.4, -0.2) is 30.5 Å². The second kappa shape index (κ2) is 7.61. The number of carbonyl (C=O) groups is 1. The predicted molar refractivity (Wildman–Crippen MR) is 91.1 cm³/mol. The van der Waals surface area contributed by atoms with Gasteiger partial charge in [0, 0.05) is 5.02 Å². The first kappa shape index (κ1) is 18.0. The summed E-state index contributed by atoms with van der Waals surface area (Å²) >= 11 is 5.84. The van der Waals surface area contributed by atoms with Crippen LogP contribution in [0.3, 0.4) is 0 Å². The first-order valence-electron chi connectivity index (χ1n) is 7.67.